The van der Waals surface area contributed by atoms with Crippen molar-refractivity contribution < 1.29 is 13.2 Å². The zero-order chi connectivity index (χ0) is 8.65. The molecule has 0 aliphatic heterocycles. The maximum Gasteiger partial charge on any atom is 0.418 e. The van der Waals surface area contributed by atoms with Gasteiger partial charge in [0.05, 0.1) is 5.56 Å². The van der Waals surface area contributed by atoms with Crippen molar-refractivity contribution >= 4 is 0 Å². The van der Waals surface area contributed by atoms with E-state index in [0.717, 1.165) is 6.20 Å². The fourth-order valence-electron chi connectivity index (χ4n) is 1.01. The molecule has 0 spiro atoms. The Labute approximate surface area is 62.4 Å². The van der Waals surface area contributed by atoms with E-state index in [9.17, 15) is 13.2 Å². The van der Waals surface area contributed by atoms with E-state index in [4.69, 9.17) is 0 Å². The van der Waals surface area contributed by atoms with E-state index in [-0.39, 0.29) is 5.56 Å². The number of hydrogen-bond donors (Lipinski definition) is 0. The molecular formula is C7H8F3N. The van der Waals surface area contributed by atoms with Crippen molar-refractivity contribution in [2.45, 2.75) is 13.1 Å². The Morgan fingerprint density at radius 1 is 1.27 bits per heavy atom. The molecule has 4 heteroatoms. The molecule has 1 heterocycles. The third-order valence-electron chi connectivity index (χ3n) is 1.46. The molecule has 0 aromatic carbocycles. The second-order valence-electron chi connectivity index (χ2n) is 2.52. The monoisotopic (exact) mass is 163 g/mol. The number of hydrogen-bond acceptors (Lipinski definition) is 0. The average molecular weight is 163 g/mol. The number of aryl methyl sites for hydroxylation is 2. The number of aromatic nitrogens is 1. The normalized spacial score (nSPS) is 12.1. The third kappa shape index (κ3) is 1.56. The minimum absolute atomic E-state index is 0.264. The van der Waals surface area contributed by atoms with Gasteiger partial charge in [-0.05, 0) is 12.5 Å². The lowest BCUT2D eigenvalue weighted by Gasteiger charge is -2.03. The zero-order valence-corrected chi connectivity index (χ0v) is 6.24. The van der Waals surface area contributed by atoms with Crippen molar-refractivity contribution in [3.63, 3.8) is 0 Å². The summed E-state index contributed by atoms with van der Waals surface area (Å²) in [6, 6.07) is 0. The Morgan fingerprint density at radius 3 is 2.00 bits per heavy atom. The number of nitrogens with zero attached hydrogens (tertiary/aromatic N) is 1. The summed E-state index contributed by atoms with van der Waals surface area (Å²) in [6.07, 6.45) is -1.69. The first kappa shape index (κ1) is 8.17. The van der Waals surface area contributed by atoms with Crippen LogP contribution in [0.2, 0.25) is 0 Å². The summed E-state index contributed by atoms with van der Waals surface area (Å²) in [4.78, 5) is 0. The summed E-state index contributed by atoms with van der Waals surface area (Å²) in [6.45, 7) is 1.45. The van der Waals surface area contributed by atoms with Crippen LogP contribution in [0.15, 0.2) is 12.4 Å². The van der Waals surface area contributed by atoms with E-state index in [1.54, 1.807) is 7.05 Å². The third-order valence-corrected chi connectivity index (χ3v) is 1.46. The van der Waals surface area contributed by atoms with Gasteiger partial charge < -0.3 is 4.57 Å². The van der Waals surface area contributed by atoms with Crippen LogP contribution in [0.5, 0.6) is 0 Å². The first-order valence-electron chi connectivity index (χ1n) is 3.11. The molecule has 0 fully saturated rings. The van der Waals surface area contributed by atoms with Gasteiger partial charge in [0.15, 0.2) is 0 Å². The van der Waals surface area contributed by atoms with Gasteiger partial charge in [-0.15, -0.1) is 0 Å². The molecule has 1 aromatic heterocycles. The van der Waals surface area contributed by atoms with Gasteiger partial charge in [0, 0.05) is 19.4 Å². The summed E-state index contributed by atoms with van der Waals surface area (Å²) < 4.78 is 37.5. The van der Waals surface area contributed by atoms with E-state index in [1.807, 2.05) is 0 Å². The highest BCUT2D eigenvalue weighted by Gasteiger charge is 2.33. The molecule has 11 heavy (non-hydrogen) atoms. The van der Waals surface area contributed by atoms with Gasteiger partial charge in [0.1, 0.15) is 0 Å². The topological polar surface area (TPSA) is 4.93 Å². The van der Waals surface area contributed by atoms with Crippen LogP contribution in [0.4, 0.5) is 13.2 Å². The molecule has 1 rings (SSSR count). The van der Waals surface area contributed by atoms with Crippen molar-refractivity contribution in [2.75, 3.05) is 0 Å². The second-order valence-corrected chi connectivity index (χ2v) is 2.52. The predicted octanol–water partition coefficient (Wildman–Crippen LogP) is 2.35. The van der Waals surface area contributed by atoms with E-state index in [1.165, 1.54) is 17.7 Å². The fourth-order valence-corrected chi connectivity index (χ4v) is 1.01. The summed E-state index contributed by atoms with van der Waals surface area (Å²) in [5, 5.41) is 0. The Morgan fingerprint density at radius 2 is 1.82 bits per heavy atom. The first-order valence-corrected chi connectivity index (χ1v) is 3.11. The largest absolute Gasteiger partial charge is 0.418 e. The molecule has 0 saturated heterocycles. The summed E-state index contributed by atoms with van der Waals surface area (Å²) in [5.41, 5.74) is -0.292. The molecule has 0 N–H and O–H groups in total. The quantitative estimate of drug-likeness (QED) is 0.553. The van der Waals surface area contributed by atoms with E-state index < -0.39 is 11.7 Å². The van der Waals surface area contributed by atoms with Crippen molar-refractivity contribution in [1.29, 1.82) is 0 Å². The summed E-state index contributed by atoms with van der Waals surface area (Å²) in [5.74, 6) is 0. The van der Waals surface area contributed by atoms with E-state index in [0.29, 0.717) is 0 Å². The number of halogens is 3. The van der Waals surface area contributed by atoms with Crippen LogP contribution in [-0.4, -0.2) is 4.57 Å². The van der Waals surface area contributed by atoms with Crippen LogP contribution in [-0.2, 0) is 13.2 Å². The Balaban J connectivity index is 3.13. The molecule has 0 saturated carbocycles. The predicted molar refractivity (Wildman–Crippen MR) is 35.2 cm³/mol. The van der Waals surface area contributed by atoms with Crippen molar-refractivity contribution in [3.05, 3.63) is 23.5 Å². The Kier molecular flexibility index (Phi) is 1.70. The second kappa shape index (κ2) is 2.29. The van der Waals surface area contributed by atoms with Crippen LogP contribution in [0, 0.1) is 6.92 Å². The van der Waals surface area contributed by atoms with Crippen molar-refractivity contribution in [2.24, 2.45) is 7.05 Å². The molecule has 0 bridgehead atoms. The molecular weight excluding hydrogens is 155 g/mol. The van der Waals surface area contributed by atoms with E-state index in [2.05, 4.69) is 0 Å². The van der Waals surface area contributed by atoms with Gasteiger partial charge in [-0.1, -0.05) is 0 Å². The van der Waals surface area contributed by atoms with Crippen LogP contribution < -0.4 is 0 Å². The van der Waals surface area contributed by atoms with Gasteiger partial charge in [-0.25, -0.2) is 0 Å². The van der Waals surface area contributed by atoms with Crippen LogP contribution in [0.1, 0.15) is 11.1 Å². The fraction of sp³-hybridized carbons (Fsp3) is 0.429. The van der Waals surface area contributed by atoms with Crippen LogP contribution in [0.25, 0.3) is 0 Å². The average Bonchev–Trinajstić information content (AvgIpc) is 2.08. The molecule has 1 aromatic rings. The standard InChI is InChI=1S/C7H8F3N/c1-5-3-11(2)4-6(5)7(8,9)10/h3-4H,1-2H3. The Hall–Kier alpha value is -0.930. The molecule has 0 atom stereocenters. The van der Waals surface area contributed by atoms with Crippen LogP contribution >= 0.6 is 0 Å². The zero-order valence-electron chi connectivity index (χ0n) is 6.24. The van der Waals surface area contributed by atoms with Gasteiger partial charge in [-0.2, -0.15) is 13.2 Å². The molecule has 0 aliphatic rings. The highest BCUT2D eigenvalue weighted by Crippen LogP contribution is 2.31. The maximum atomic E-state index is 12.0. The summed E-state index contributed by atoms with van der Waals surface area (Å²) in [7, 11) is 1.57. The maximum absolute atomic E-state index is 12.0. The lowest BCUT2D eigenvalue weighted by Crippen LogP contribution is -2.04. The van der Waals surface area contributed by atoms with Crippen molar-refractivity contribution in [1.82, 2.24) is 4.57 Å². The highest BCUT2D eigenvalue weighted by molar-refractivity contribution is 5.25. The van der Waals surface area contributed by atoms with Gasteiger partial charge in [-0.3, -0.25) is 0 Å². The lowest BCUT2D eigenvalue weighted by atomic mass is 10.2. The highest BCUT2D eigenvalue weighted by atomic mass is 19.4. The SMILES string of the molecule is Cc1cn(C)cc1C(F)(F)F. The number of alkyl halides is 3. The number of rotatable bonds is 0. The molecule has 0 radical (unpaired) electrons. The molecule has 62 valence electrons. The minimum Gasteiger partial charge on any atom is -0.356 e. The van der Waals surface area contributed by atoms with E-state index >= 15 is 0 Å². The Bertz CT molecular complexity index is 259. The lowest BCUT2D eigenvalue weighted by molar-refractivity contribution is -0.138. The van der Waals surface area contributed by atoms with Gasteiger partial charge in [0.25, 0.3) is 0 Å². The van der Waals surface area contributed by atoms with Gasteiger partial charge in [0.2, 0.25) is 0 Å². The summed E-state index contributed by atoms with van der Waals surface area (Å²) >= 11 is 0. The molecule has 0 aliphatic carbocycles. The van der Waals surface area contributed by atoms with Crippen LogP contribution in [0.3, 0.4) is 0 Å². The minimum atomic E-state index is -4.22. The molecule has 1 nitrogen and oxygen atoms in total. The van der Waals surface area contributed by atoms with Crippen molar-refractivity contribution in [3.8, 4) is 0 Å². The first-order chi connectivity index (χ1) is 4.91. The molecule has 0 amide bonds. The molecule has 0 unspecified atom stereocenters. The van der Waals surface area contributed by atoms with Gasteiger partial charge >= 0.3 is 6.18 Å². The smallest absolute Gasteiger partial charge is 0.356 e.